The van der Waals surface area contributed by atoms with Crippen LogP contribution in [-0.4, -0.2) is 16.7 Å². The Morgan fingerprint density at radius 3 is 2.26 bits per heavy atom. The maximum absolute atomic E-state index is 11.8. The minimum atomic E-state index is -0.702. The second-order valence-corrected chi connectivity index (χ2v) is 4.97. The van der Waals surface area contributed by atoms with Gasteiger partial charge in [-0.05, 0) is 39.8 Å². The SMILES string of the molecule is CC(O)=C(N=Nc1ccccc1)C(=O)OC(C)(C)C. The summed E-state index contributed by atoms with van der Waals surface area (Å²) in [7, 11) is 0. The third kappa shape index (κ3) is 5.33. The van der Waals surface area contributed by atoms with Crippen molar-refractivity contribution in [1.29, 1.82) is 0 Å². The molecule has 1 rings (SSSR count). The van der Waals surface area contributed by atoms with Gasteiger partial charge in [-0.25, -0.2) is 4.79 Å². The number of nitrogens with zero attached hydrogens (tertiary/aromatic N) is 2. The van der Waals surface area contributed by atoms with Crippen molar-refractivity contribution >= 4 is 11.7 Å². The first kappa shape index (κ1) is 14.9. The molecule has 19 heavy (non-hydrogen) atoms. The van der Waals surface area contributed by atoms with Crippen molar-refractivity contribution in [2.75, 3.05) is 0 Å². The Balaban J connectivity index is 2.90. The molecular weight excluding hydrogens is 244 g/mol. The number of rotatable bonds is 3. The number of esters is 1. The number of hydrogen-bond donors (Lipinski definition) is 1. The van der Waals surface area contributed by atoms with E-state index in [-0.39, 0.29) is 11.5 Å². The van der Waals surface area contributed by atoms with Gasteiger partial charge < -0.3 is 9.84 Å². The molecule has 5 heteroatoms. The van der Waals surface area contributed by atoms with Crippen molar-refractivity contribution in [3.63, 3.8) is 0 Å². The zero-order chi connectivity index (χ0) is 14.5. The van der Waals surface area contributed by atoms with Crippen LogP contribution < -0.4 is 0 Å². The zero-order valence-electron chi connectivity index (χ0n) is 11.5. The summed E-state index contributed by atoms with van der Waals surface area (Å²) in [5.41, 5.74) is -0.261. The number of hydrogen-bond acceptors (Lipinski definition) is 5. The summed E-state index contributed by atoms with van der Waals surface area (Å²) in [4.78, 5) is 11.8. The number of allylic oxidation sites excluding steroid dienone is 1. The van der Waals surface area contributed by atoms with Crippen LogP contribution in [0.1, 0.15) is 27.7 Å². The molecular formula is C14H18N2O3. The Kier molecular flexibility index (Phi) is 4.80. The van der Waals surface area contributed by atoms with Crippen LogP contribution >= 0.6 is 0 Å². The van der Waals surface area contributed by atoms with Crippen molar-refractivity contribution in [1.82, 2.24) is 0 Å². The molecule has 1 aromatic carbocycles. The highest BCUT2D eigenvalue weighted by molar-refractivity contribution is 5.88. The van der Waals surface area contributed by atoms with Crippen molar-refractivity contribution < 1.29 is 14.6 Å². The highest BCUT2D eigenvalue weighted by atomic mass is 16.6. The molecule has 0 spiro atoms. The van der Waals surface area contributed by atoms with Gasteiger partial charge in [0, 0.05) is 0 Å². The summed E-state index contributed by atoms with van der Waals surface area (Å²) >= 11 is 0. The molecule has 0 amide bonds. The van der Waals surface area contributed by atoms with Gasteiger partial charge in [0.15, 0.2) is 0 Å². The van der Waals surface area contributed by atoms with E-state index in [1.54, 1.807) is 45.0 Å². The molecule has 102 valence electrons. The molecule has 0 aliphatic heterocycles. The molecule has 5 nitrogen and oxygen atoms in total. The summed E-state index contributed by atoms with van der Waals surface area (Å²) < 4.78 is 5.14. The number of benzene rings is 1. The van der Waals surface area contributed by atoms with Crippen LogP contribution in [0.3, 0.4) is 0 Å². The molecule has 0 heterocycles. The maximum Gasteiger partial charge on any atom is 0.362 e. The molecule has 0 aromatic heterocycles. The van der Waals surface area contributed by atoms with Crippen LogP contribution in [0.5, 0.6) is 0 Å². The second-order valence-electron chi connectivity index (χ2n) is 4.97. The molecule has 0 saturated carbocycles. The molecule has 0 unspecified atom stereocenters. The topological polar surface area (TPSA) is 71.2 Å². The third-order valence-electron chi connectivity index (χ3n) is 1.96. The first-order chi connectivity index (χ1) is 8.79. The normalized spacial score (nSPS) is 13.3. The van der Waals surface area contributed by atoms with Gasteiger partial charge in [-0.2, -0.15) is 5.11 Å². The molecule has 0 radical (unpaired) electrons. The Hall–Kier alpha value is -2.17. The lowest BCUT2D eigenvalue weighted by Crippen LogP contribution is -2.24. The van der Waals surface area contributed by atoms with Gasteiger partial charge in [0.05, 0.1) is 5.69 Å². The molecule has 0 bridgehead atoms. The average molecular weight is 262 g/mol. The van der Waals surface area contributed by atoms with E-state index in [9.17, 15) is 9.90 Å². The largest absolute Gasteiger partial charge is 0.510 e. The van der Waals surface area contributed by atoms with E-state index in [2.05, 4.69) is 10.2 Å². The molecule has 1 N–H and O–H groups in total. The summed E-state index contributed by atoms with van der Waals surface area (Å²) in [6, 6.07) is 8.93. The van der Waals surface area contributed by atoms with Crippen molar-refractivity contribution in [3.05, 3.63) is 41.8 Å². The van der Waals surface area contributed by atoms with Gasteiger partial charge in [0.1, 0.15) is 11.4 Å². The second kappa shape index (κ2) is 6.13. The molecule has 0 fully saturated rings. The van der Waals surface area contributed by atoms with E-state index < -0.39 is 11.6 Å². The van der Waals surface area contributed by atoms with Crippen LogP contribution in [0.2, 0.25) is 0 Å². The fourth-order valence-electron chi connectivity index (χ4n) is 1.19. The van der Waals surface area contributed by atoms with Crippen molar-refractivity contribution in [2.45, 2.75) is 33.3 Å². The molecule has 1 aromatic rings. The average Bonchev–Trinajstić information content (AvgIpc) is 2.27. The minimum Gasteiger partial charge on any atom is -0.510 e. The Morgan fingerprint density at radius 2 is 1.79 bits per heavy atom. The zero-order valence-corrected chi connectivity index (χ0v) is 11.5. The fourth-order valence-corrected chi connectivity index (χ4v) is 1.19. The summed E-state index contributed by atoms with van der Waals surface area (Å²) in [6.07, 6.45) is 0. The summed E-state index contributed by atoms with van der Waals surface area (Å²) in [5.74, 6) is -0.930. The van der Waals surface area contributed by atoms with Gasteiger partial charge >= 0.3 is 5.97 Å². The lowest BCUT2D eigenvalue weighted by molar-refractivity contribution is -0.150. The first-order valence-corrected chi connectivity index (χ1v) is 5.89. The number of aliphatic hydroxyl groups excluding tert-OH is 1. The van der Waals surface area contributed by atoms with Gasteiger partial charge in [-0.1, -0.05) is 18.2 Å². The summed E-state index contributed by atoms with van der Waals surface area (Å²) in [6.45, 7) is 6.58. The fraction of sp³-hybridized carbons (Fsp3) is 0.357. The quantitative estimate of drug-likeness (QED) is 0.388. The van der Waals surface area contributed by atoms with E-state index in [1.165, 1.54) is 6.92 Å². The van der Waals surface area contributed by atoms with E-state index in [0.29, 0.717) is 5.69 Å². The van der Waals surface area contributed by atoms with Crippen LogP contribution in [0.25, 0.3) is 0 Å². The Morgan fingerprint density at radius 1 is 1.21 bits per heavy atom. The Bertz CT molecular complexity index is 495. The molecule has 0 aliphatic carbocycles. The lowest BCUT2D eigenvalue weighted by atomic mass is 10.2. The third-order valence-corrected chi connectivity index (χ3v) is 1.96. The number of azo groups is 1. The standard InChI is InChI=1S/C14H18N2O3/c1-10(17)12(13(18)19-14(2,3)4)16-15-11-8-6-5-7-9-11/h5-9,17H,1-4H3. The molecule has 0 saturated heterocycles. The van der Waals surface area contributed by atoms with Gasteiger partial charge in [0.2, 0.25) is 5.70 Å². The first-order valence-electron chi connectivity index (χ1n) is 5.89. The molecule has 0 aliphatic rings. The number of aliphatic hydroxyl groups is 1. The van der Waals surface area contributed by atoms with E-state index >= 15 is 0 Å². The van der Waals surface area contributed by atoms with Crippen molar-refractivity contribution in [2.24, 2.45) is 10.2 Å². The van der Waals surface area contributed by atoms with E-state index in [1.807, 2.05) is 6.07 Å². The van der Waals surface area contributed by atoms with E-state index in [4.69, 9.17) is 4.74 Å². The van der Waals surface area contributed by atoms with Crippen LogP contribution in [-0.2, 0) is 9.53 Å². The van der Waals surface area contributed by atoms with Gasteiger partial charge in [-0.15, -0.1) is 5.11 Å². The number of carbonyl (C=O) groups excluding carboxylic acids is 1. The van der Waals surface area contributed by atoms with Crippen LogP contribution in [0.4, 0.5) is 5.69 Å². The van der Waals surface area contributed by atoms with Gasteiger partial charge in [0.25, 0.3) is 0 Å². The predicted octanol–water partition coefficient (Wildman–Crippen LogP) is 3.90. The Labute approximate surface area is 112 Å². The minimum absolute atomic E-state index is 0.196. The smallest absolute Gasteiger partial charge is 0.362 e. The van der Waals surface area contributed by atoms with Gasteiger partial charge in [-0.3, -0.25) is 0 Å². The summed E-state index contributed by atoms with van der Waals surface area (Å²) in [5, 5.41) is 17.1. The predicted molar refractivity (Wildman–Crippen MR) is 72.1 cm³/mol. The van der Waals surface area contributed by atoms with Crippen LogP contribution in [0.15, 0.2) is 52.0 Å². The number of ether oxygens (including phenoxy) is 1. The van der Waals surface area contributed by atoms with E-state index in [0.717, 1.165) is 0 Å². The monoisotopic (exact) mass is 262 g/mol. The van der Waals surface area contributed by atoms with Crippen molar-refractivity contribution in [3.8, 4) is 0 Å². The van der Waals surface area contributed by atoms with Crippen LogP contribution in [0, 0.1) is 0 Å². The highest BCUT2D eigenvalue weighted by Crippen LogP contribution is 2.17. The number of carbonyl (C=O) groups is 1. The lowest BCUT2D eigenvalue weighted by Gasteiger charge is -2.19. The maximum atomic E-state index is 11.8. The molecule has 0 atom stereocenters. The highest BCUT2D eigenvalue weighted by Gasteiger charge is 2.22.